The first-order valence-corrected chi connectivity index (χ1v) is 8.31. The third-order valence-corrected chi connectivity index (χ3v) is 4.89. The Kier molecular flexibility index (Phi) is 5.19. The zero-order valence-electron chi connectivity index (χ0n) is 13.1. The van der Waals surface area contributed by atoms with E-state index in [2.05, 4.69) is 0 Å². The number of thiophene rings is 1. The zero-order chi connectivity index (χ0) is 16.3. The second kappa shape index (κ2) is 6.92. The Labute approximate surface area is 134 Å². The lowest BCUT2D eigenvalue weighted by molar-refractivity contribution is 0.0775. The second-order valence-corrected chi connectivity index (χ2v) is 6.11. The first-order chi connectivity index (χ1) is 10.5. The largest absolute Gasteiger partial charge is 0.390 e. The summed E-state index contributed by atoms with van der Waals surface area (Å²) >= 11 is 1.44. The normalized spacial score (nSPS) is 10.7. The van der Waals surface area contributed by atoms with Crippen LogP contribution >= 0.6 is 11.3 Å². The molecule has 0 radical (unpaired) electrons. The van der Waals surface area contributed by atoms with Crippen LogP contribution < -0.4 is 5.73 Å². The van der Waals surface area contributed by atoms with E-state index in [1.807, 2.05) is 20.8 Å². The summed E-state index contributed by atoms with van der Waals surface area (Å²) in [6.45, 7) is 7.19. The summed E-state index contributed by atoms with van der Waals surface area (Å²) in [5, 5.41) is 0.535. The molecule has 0 fully saturated rings. The lowest BCUT2D eigenvalue weighted by Crippen LogP contribution is -2.31. The van der Waals surface area contributed by atoms with Gasteiger partial charge in [-0.2, -0.15) is 0 Å². The van der Waals surface area contributed by atoms with Gasteiger partial charge >= 0.3 is 0 Å². The predicted molar refractivity (Wildman–Crippen MR) is 90.8 cm³/mol. The summed E-state index contributed by atoms with van der Waals surface area (Å²) in [6, 6.07) is 6.23. The number of anilines is 1. The standard InChI is InChI=1S/C17H21FN2OS/c1-4-13-14(11-7-9-12(18)10-8-11)15(16(19)22-13)17(21)20(5-2)6-3/h7-10H,4-6,19H2,1-3H3. The number of rotatable bonds is 5. The third-order valence-electron chi connectivity index (χ3n) is 3.73. The average molecular weight is 320 g/mol. The Morgan fingerprint density at radius 3 is 2.27 bits per heavy atom. The highest BCUT2D eigenvalue weighted by Crippen LogP contribution is 2.39. The van der Waals surface area contributed by atoms with Crippen molar-refractivity contribution in [3.05, 3.63) is 40.5 Å². The third kappa shape index (κ3) is 2.99. The van der Waals surface area contributed by atoms with Gasteiger partial charge in [0.05, 0.1) is 10.6 Å². The van der Waals surface area contributed by atoms with Crippen molar-refractivity contribution in [3.8, 4) is 11.1 Å². The van der Waals surface area contributed by atoms with Crippen molar-refractivity contribution < 1.29 is 9.18 Å². The molecule has 2 aromatic rings. The molecule has 118 valence electrons. The molecule has 2 rings (SSSR count). The molecule has 5 heteroatoms. The Bertz CT molecular complexity index is 660. The van der Waals surface area contributed by atoms with Crippen LogP contribution in [0.25, 0.3) is 11.1 Å². The molecule has 22 heavy (non-hydrogen) atoms. The molecule has 0 aliphatic heterocycles. The minimum atomic E-state index is -0.290. The van der Waals surface area contributed by atoms with Gasteiger partial charge < -0.3 is 10.6 Å². The van der Waals surface area contributed by atoms with Gasteiger partial charge in [0.1, 0.15) is 5.82 Å². The van der Waals surface area contributed by atoms with Crippen molar-refractivity contribution >= 4 is 22.2 Å². The van der Waals surface area contributed by atoms with Crippen LogP contribution in [-0.2, 0) is 6.42 Å². The van der Waals surface area contributed by atoms with Crippen LogP contribution in [0.4, 0.5) is 9.39 Å². The average Bonchev–Trinajstić information content (AvgIpc) is 2.85. The van der Waals surface area contributed by atoms with Crippen molar-refractivity contribution in [1.29, 1.82) is 0 Å². The van der Waals surface area contributed by atoms with E-state index in [1.165, 1.54) is 23.5 Å². The van der Waals surface area contributed by atoms with E-state index in [0.29, 0.717) is 23.7 Å². The van der Waals surface area contributed by atoms with Gasteiger partial charge in [0.25, 0.3) is 5.91 Å². The molecule has 0 aliphatic carbocycles. The van der Waals surface area contributed by atoms with E-state index in [1.54, 1.807) is 17.0 Å². The molecule has 1 aromatic heterocycles. The van der Waals surface area contributed by atoms with Gasteiger partial charge in [-0.05, 0) is 38.0 Å². The summed E-state index contributed by atoms with van der Waals surface area (Å²) < 4.78 is 13.2. The minimum absolute atomic E-state index is 0.0576. The molecule has 1 amide bonds. The van der Waals surface area contributed by atoms with Crippen LogP contribution in [0.5, 0.6) is 0 Å². The van der Waals surface area contributed by atoms with Crippen LogP contribution in [0.15, 0.2) is 24.3 Å². The van der Waals surface area contributed by atoms with Crippen molar-refractivity contribution in [1.82, 2.24) is 4.90 Å². The van der Waals surface area contributed by atoms with Crippen LogP contribution in [-0.4, -0.2) is 23.9 Å². The van der Waals surface area contributed by atoms with Crippen LogP contribution in [0.2, 0.25) is 0 Å². The summed E-state index contributed by atoms with van der Waals surface area (Å²) in [4.78, 5) is 15.6. The highest BCUT2D eigenvalue weighted by Gasteiger charge is 2.25. The molecule has 0 bridgehead atoms. The molecule has 0 saturated heterocycles. The number of nitrogen functional groups attached to an aromatic ring is 1. The maximum Gasteiger partial charge on any atom is 0.257 e. The molecule has 0 unspecified atom stereocenters. The molecule has 0 aliphatic rings. The summed E-state index contributed by atoms with van der Waals surface area (Å²) in [5.41, 5.74) is 8.37. The van der Waals surface area contributed by atoms with E-state index in [0.717, 1.165) is 22.4 Å². The van der Waals surface area contributed by atoms with Gasteiger partial charge in [0.15, 0.2) is 0 Å². The number of nitrogens with two attached hydrogens (primary N) is 1. The van der Waals surface area contributed by atoms with Gasteiger partial charge in [0, 0.05) is 23.5 Å². The Balaban J connectivity index is 2.61. The van der Waals surface area contributed by atoms with Crippen molar-refractivity contribution in [2.75, 3.05) is 18.8 Å². The zero-order valence-corrected chi connectivity index (χ0v) is 14.0. The van der Waals surface area contributed by atoms with Gasteiger partial charge in [-0.25, -0.2) is 4.39 Å². The summed E-state index contributed by atoms with van der Waals surface area (Å²) in [6.07, 6.45) is 0.785. The van der Waals surface area contributed by atoms with Crippen LogP contribution in [0.1, 0.15) is 36.0 Å². The number of carbonyl (C=O) groups is 1. The van der Waals surface area contributed by atoms with Crippen molar-refractivity contribution in [2.45, 2.75) is 27.2 Å². The molecule has 1 heterocycles. The SMILES string of the molecule is CCc1sc(N)c(C(=O)N(CC)CC)c1-c1ccc(F)cc1. The van der Waals surface area contributed by atoms with Gasteiger partial charge in [-0.3, -0.25) is 4.79 Å². The lowest BCUT2D eigenvalue weighted by atomic mass is 9.99. The molecular formula is C17H21FN2OS. The number of carbonyl (C=O) groups excluding carboxylic acids is 1. The monoisotopic (exact) mass is 320 g/mol. The van der Waals surface area contributed by atoms with E-state index < -0.39 is 0 Å². The first kappa shape index (κ1) is 16.5. The summed E-state index contributed by atoms with van der Waals surface area (Å²) in [7, 11) is 0. The number of benzene rings is 1. The molecular weight excluding hydrogens is 299 g/mol. The number of amides is 1. The number of hydrogen-bond donors (Lipinski definition) is 1. The predicted octanol–water partition coefficient (Wildman–Crippen LogP) is 4.18. The summed E-state index contributed by atoms with van der Waals surface area (Å²) in [5.74, 6) is -0.348. The van der Waals surface area contributed by atoms with E-state index in [4.69, 9.17) is 5.73 Å². The van der Waals surface area contributed by atoms with E-state index in [9.17, 15) is 9.18 Å². The van der Waals surface area contributed by atoms with E-state index >= 15 is 0 Å². The van der Waals surface area contributed by atoms with Crippen molar-refractivity contribution in [2.24, 2.45) is 0 Å². The fraction of sp³-hybridized carbons (Fsp3) is 0.353. The van der Waals surface area contributed by atoms with Gasteiger partial charge in [-0.1, -0.05) is 19.1 Å². The fourth-order valence-corrected chi connectivity index (χ4v) is 3.57. The van der Waals surface area contributed by atoms with Crippen molar-refractivity contribution in [3.63, 3.8) is 0 Å². The maximum atomic E-state index is 13.2. The van der Waals surface area contributed by atoms with Crippen LogP contribution in [0.3, 0.4) is 0 Å². The molecule has 0 saturated carbocycles. The quantitative estimate of drug-likeness (QED) is 0.898. The first-order valence-electron chi connectivity index (χ1n) is 7.49. The maximum absolute atomic E-state index is 13.2. The molecule has 1 aromatic carbocycles. The van der Waals surface area contributed by atoms with Gasteiger partial charge in [-0.15, -0.1) is 11.3 Å². The fourth-order valence-electron chi connectivity index (χ4n) is 2.55. The van der Waals surface area contributed by atoms with Crippen LogP contribution in [0, 0.1) is 5.82 Å². The Morgan fingerprint density at radius 2 is 1.77 bits per heavy atom. The molecule has 0 spiro atoms. The second-order valence-electron chi connectivity index (χ2n) is 4.98. The van der Waals surface area contributed by atoms with Gasteiger partial charge in [0.2, 0.25) is 0 Å². The number of nitrogens with zero attached hydrogens (tertiary/aromatic N) is 1. The highest BCUT2D eigenvalue weighted by molar-refractivity contribution is 7.17. The smallest absolute Gasteiger partial charge is 0.257 e. The number of hydrogen-bond acceptors (Lipinski definition) is 3. The number of aryl methyl sites for hydroxylation is 1. The topological polar surface area (TPSA) is 46.3 Å². The molecule has 3 nitrogen and oxygen atoms in total. The van der Waals surface area contributed by atoms with E-state index in [-0.39, 0.29) is 11.7 Å². The number of halogens is 1. The highest BCUT2D eigenvalue weighted by atomic mass is 32.1. The molecule has 2 N–H and O–H groups in total. The Hall–Kier alpha value is -1.88. The lowest BCUT2D eigenvalue weighted by Gasteiger charge is -2.19. The Morgan fingerprint density at radius 1 is 1.18 bits per heavy atom. The molecule has 0 atom stereocenters. The minimum Gasteiger partial charge on any atom is -0.390 e.